The first-order chi connectivity index (χ1) is 13.1. The lowest BCUT2D eigenvalue weighted by Gasteiger charge is -2.32. The van der Waals surface area contributed by atoms with E-state index in [0.29, 0.717) is 24.9 Å². The van der Waals surface area contributed by atoms with E-state index >= 15 is 0 Å². The molecule has 0 bridgehead atoms. The van der Waals surface area contributed by atoms with Gasteiger partial charge >= 0.3 is 0 Å². The van der Waals surface area contributed by atoms with E-state index in [-0.39, 0.29) is 36.1 Å². The monoisotopic (exact) mass is 366 g/mol. The summed E-state index contributed by atoms with van der Waals surface area (Å²) in [5.41, 5.74) is 3.07. The van der Waals surface area contributed by atoms with Crippen molar-refractivity contribution in [3.63, 3.8) is 0 Å². The number of benzene rings is 2. The predicted molar refractivity (Wildman–Crippen MR) is 100 cm³/mol. The molecule has 2 aliphatic rings. The van der Waals surface area contributed by atoms with Gasteiger partial charge in [0.15, 0.2) is 0 Å². The smallest absolute Gasteiger partial charge is 0.225 e. The Morgan fingerprint density at radius 3 is 2.44 bits per heavy atom. The number of rotatable bonds is 4. The molecule has 0 aromatic heterocycles. The van der Waals surface area contributed by atoms with Crippen LogP contribution in [-0.4, -0.2) is 29.3 Å². The number of piperidine rings is 1. The molecule has 2 amide bonds. The Morgan fingerprint density at radius 1 is 1.07 bits per heavy atom. The topological polar surface area (TPSA) is 49.4 Å². The van der Waals surface area contributed by atoms with Crippen LogP contribution in [-0.2, 0) is 29.0 Å². The van der Waals surface area contributed by atoms with Crippen LogP contribution in [0, 0.1) is 11.7 Å². The maximum Gasteiger partial charge on any atom is 0.225 e. The average Bonchev–Trinajstić information content (AvgIpc) is 3.07. The summed E-state index contributed by atoms with van der Waals surface area (Å²) in [4.78, 5) is 26.6. The Balaban J connectivity index is 1.37. The summed E-state index contributed by atoms with van der Waals surface area (Å²) in [6.45, 7) is 0.558. The van der Waals surface area contributed by atoms with Crippen LogP contribution >= 0.6 is 0 Å². The second-order valence-corrected chi connectivity index (χ2v) is 7.48. The minimum atomic E-state index is -0.319. The van der Waals surface area contributed by atoms with Gasteiger partial charge in [0.1, 0.15) is 5.82 Å². The van der Waals surface area contributed by atoms with Crippen molar-refractivity contribution in [1.29, 1.82) is 0 Å². The maximum absolute atomic E-state index is 13.9. The van der Waals surface area contributed by atoms with Crippen LogP contribution in [0.4, 0.5) is 4.39 Å². The zero-order chi connectivity index (χ0) is 18.8. The molecular formula is C22H23FN2O2. The van der Waals surface area contributed by atoms with Crippen molar-refractivity contribution in [3.05, 3.63) is 71.0 Å². The SMILES string of the molecule is O=C(NC1Cc2ccccc2C1)[C@@H]1CCC(=O)N(Cc2ccccc2F)C1. The molecule has 27 heavy (non-hydrogen) atoms. The first kappa shape index (κ1) is 17.7. The van der Waals surface area contributed by atoms with E-state index in [0.717, 1.165) is 12.8 Å². The molecular weight excluding hydrogens is 343 g/mol. The summed E-state index contributed by atoms with van der Waals surface area (Å²) in [6.07, 6.45) is 2.59. The molecule has 1 fully saturated rings. The Bertz CT molecular complexity index is 842. The fourth-order valence-electron chi connectivity index (χ4n) is 4.09. The van der Waals surface area contributed by atoms with Crippen molar-refractivity contribution in [1.82, 2.24) is 10.2 Å². The first-order valence-corrected chi connectivity index (χ1v) is 9.48. The molecule has 5 heteroatoms. The Morgan fingerprint density at radius 2 is 1.74 bits per heavy atom. The summed E-state index contributed by atoms with van der Waals surface area (Å²) < 4.78 is 13.9. The fourth-order valence-corrected chi connectivity index (χ4v) is 4.09. The lowest BCUT2D eigenvalue weighted by molar-refractivity contribution is -0.139. The van der Waals surface area contributed by atoms with Crippen molar-refractivity contribution in [2.24, 2.45) is 5.92 Å². The van der Waals surface area contributed by atoms with Crippen LogP contribution < -0.4 is 5.32 Å². The number of nitrogens with zero attached hydrogens (tertiary/aromatic N) is 1. The van der Waals surface area contributed by atoms with E-state index in [2.05, 4.69) is 17.4 Å². The van der Waals surface area contributed by atoms with Crippen LogP contribution in [0.15, 0.2) is 48.5 Å². The van der Waals surface area contributed by atoms with Gasteiger partial charge < -0.3 is 10.2 Å². The summed E-state index contributed by atoms with van der Waals surface area (Å²) in [6, 6.07) is 14.9. The number of halogens is 1. The number of likely N-dealkylation sites (tertiary alicyclic amines) is 1. The van der Waals surface area contributed by atoms with Gasteiger partial charge in [0.2, 0.25) is 11.8 Å². The van der Waals surface area contributed by atoms with Gasteiger partial charge in [-0.2, -0.15) is 0 Å². The molecule has 2 aromatic carbocycles. The predicted octanol–water partition coefficient (Wildman–Crippen LogP) is 2.85. The van der Waals surface area contributed by atoms with E-state index in [9.17, 15) is 14.0 Å². The van der Waals surface area contributed by atoms with E-state index < -0.39 is 0 Å². The van der Waals surface area contributed by atoms with E-state index in [1.165, 1.54) is 17.2 Å². The summed E-state index contributed by atoms with van der Waals surface area (Å²) >= 11 is 0. The molecule has 1 aliphatic carbocycles. The molecule has 1 atom stereocenters. The summed E-state index contributed by atoms with van der Waals surface area (Å²) in [5.74, 6) is -0.576. The van der Waals surface area contributed by atoms with Crippen molar-refractivity contribution in [2.75, 3.05) is 6.54 Å². The van der Waals surface area contributed by atoms with Crippen LogP contribution in [0.5, 0.6) is 0 Å². The molecule has 1 N–H and O–H groups in total. The fraction of sp³-hybridized carbons (Fsp3) is 0.364. The Hall–Kier alpha value is -2.69. The normalized spacial score (nSPS) is 19.8. The summed E-state index contributed by atoms with van der Waals surface area (Å²) in [7, 11) is 0. The van der Waals surface area contributed by atoms with Gasteiger partial charge in [0, 0.05) is 31.1 Å². The first-order valence-electron chi connectivity index (χ1n) is 9.48. The molecule has 2 aromatic rings. The van der Waals surface area contributed by atoms with E-state index in [1.54, 1.807) is 23.1 Å². The van der Waals surface area contributed by atoms with Crippen LogP contribution in [0.3, 0.4) is 0 Å². The standard InChI is InChI=1S/C22H23FN2O2/c23-20-8-4-3-7-17(20)13-25-14-18(9-10-21(25)26)22(27)24-19-11-15-5-1-2-6-16(15)12-19/h1-8,18-19H,9-14H2,(H,24,27)/t18-/m1/s1. The van der Waals surface area contributed by atoms with Crippen molar-refractivity contribution in [2.45, 2.75) is 38.3 Å². The highest BCUT2D eigenvalue weighted by Gasteiger charge is 2.32. The zero-order valence-electron chi connectivity index (χ0n) is 15.2. The number of amides is 2. The van der Waals surface area contributed by atoms with Crippen LogP contribution in [0.2, 0.25) is 0 Å². The van der Waals surface area contributed by atoms with E-state index in [1.807, 2.05) is 12.1 Å². The third kappa shape index (κ3) is 3.87. The number of hydrogen-bond acceptors (Lipinski definition) is 2. The molecule has 0 unspecified atom stereocenters. The minimum absolute atomic E-state index is 0.00107. The minimum Gasteiger partial charge on any atom is -0.352 e. The summed E-state index contributed by atoms with van der Waals surface area (Å²) in [5, 5.41) is 3.16. The second kappa shape index (κ2) is 7.51. The third-order valence-corrected chi connectivity index (χ3v) is 5.59. The number of nitrogens with one attached hydrogen (secondary N) is 1. The van der Waals surface area contributed by atoms with Gasteiger partial charge in [-0.05, 0) is 36.5 Å². The molecule has 0 spiro atoms. The highest BCUT2D eigenvalue weighted by atomic mass is 19.1. The highest BCUT2D eigenvalue weighted by Crippen LogP contribution is 2.24. The Labute approximate surface area is 158 Å². The number of fused-ring (bicyclic) bond motifs is 1. The molecule has 1 saturated heterocycles. The van der Waals surface area contributed by atoms with Gasteiger partial charge in [0.25, 0.3) is 0 Å². The average molecular weight is 366 g/mol. The lowest BCUT2D eigenvalue weighted by atomic mass is 9.95. The highest BCUT2D eigenvalue weighted by molar-refractivity contribution is 5.84. The molecule has 140 valence electrons. The Kier molecular flexibility index (Phi) is 4.92. The lowest BCUT2D eigenvalue weighted by Crippen LogP contribution is -2.47. The van der Waals surface area contributed by atoms with Crippen molar-refractivity contribution in [3.8, 4) is 0 Å². The molecule has 0 saturated carbocycles. The molecule has 4 rings (SSSR count). The van der Waals surface area contributed by atoms with E-state index in [4.69, 9.17) is 0 Å². The van der Waals surface area contributed by atoms with Gasteiger partial charge in [0.05, 0.1) is 5.92 Å². The molecule has 1 heterocycles. The number of carbonyl (C=O) groups excluding carboxylic acids is 2. The quantitative estimate of drug-likeness (QED) is 0.905. The third-order valence-electron chi connectivity index (χ3n) is 5.59. The molecule has 4 nitrogen and oxygen atoms in total. The molecule has 1 aliphatic heterocycles. The van der Waals surface area contributed by atoms with Crippen LogP contribution in [0.25, 0.3) is 0 Å². The van der Waals surface area contributed by atoms with Crippen molar-refractivity contribution < 1.29 is 14.0 Å². The van der Waals surface area contributed by atoms with Gasteiger partial charge in [-0.15, -0.1) is 0 Å². The second-order valence-electron chi connectivity index (χ2n) is 7.48. The maximum atomic E-state index is 13.9. The molecule has 0 radical (unpaired) electrons. The van der Waals surface area contributed by atoms with Crippen molar-refractivity contribution >= 4 is 11.8 Å². The number of carbonyl (C=O) groups is 2. The van der Waals surface area contributed by atoms with Gasteiger partial charge in [-0.25, -0.2) is 4.39 Å². The largest absolute Gasteiger partial charge is 0.352 e. The van der Waals surface area contributed by atoms with Gasteiger partial charge in [-0.3, -0.25) is 9.59 Å². The van der Waals surface area contributed by atoms with Gasteiger partial charge in [-0.1, -0.05) is 42.5 Å². The number of hydrogen-bond donors (Lipinski definition) is 1. The van der Waals surface area contributed by atoms with Crippen LogP contribution in [0.1, 0.15) is 29.5 Å². The zero-order valence-corrected chi connectivity index (χ0v) is 15.2.